The van der Waals surface area contributed by atoms with E-state index in [1.807, 2.05) is 24.3 Å². The highest BCUT2D eigenvalue weighted by molar-refractivity contribution is 6.31. The van der Waals surface area contributed by atoms with Crippen LogP contribution in [0.5, 0.6) is 5.75 Å². The largest absolute Gasteiger partial charge is 0.495 e. The van der Waals surface area contributed by atoms with Crippen molar-refractivity contribution in [3.63, 3.8) is 0 Å². The number of ether oxygens (including phenoxy) is 1. The Balaban J connectivity index is 1.41. The summed E-state index contributed by atoms with van der Waals surface area (Å²) in [6.45, 7) is 2.64. The van der Waals surface area contributed by atoms with Gasteiger partial charge in [0.1, 0.15) is 11.6 Å². The van der Waals surface area contributed by atoms with Gasteiger partial charge in [0.15, 0.2) is 0 Å². The average Bonchev–Trinajstić information content (AvgIpc) is 2.87. The first-order chi connectivity index (χ1) is 16.5. The molecule has 2 unspecified atom stereocenters. The molecule has 2 aliphatic rings. The van der Waals surface area contributed by atoms with Crippen LogP contribution in [0, 0.1) is 11.7 Å². The highest BCUT2D eigenvalue weighted by atomic mass is 35.5. The molecule has 1 N–H and O–H groups in total. The molecule has 3 aromatic rings. The average molecular weight is 480 g/mol. The quantitative estimate of drug-likeness (QED) is 0.577. The molecular formula is C27H27ClFN3O2. The Hall–Kier alpha value is -3.25. The second-order valence-corrected chi connectivity index (χ2v) is 9.24. The van der Waals surface area contributed by atoms with Crippen LogP contribution in [0.2, 0.25) is 5.02 Å². The third kappa shape index (κ3) is 4.42. The van der Waals surface area contributed by atoms with E-state index >= 15 is 0 Å². The van der Waals surface area contributed by atoms with E-state index in [0.717, 1.165) is 30.1 Å². The number of fused-ring (bicyclic) bond motifs is 3. The molecule has 7 heteroatoms. The van der Waals surface area contributed by atoms with Gasteiger partial charge >= 0.3 is 0 Å². The smallest absolute Gasteiger partial charge is 0.225 e. The number of anilines is 2. The van der Waals surface area contributed by atoms with Crippen molar-refractivity contribution in [1.29, 1.82) is 0 Å². The number of hydrogen-bond acceptors (Lipinski definition) is 4. The van der Waals surface area contributed by atoms with Crippen LogP contribution >= 0.6 is 11.6 Å². The standard InChI is InChI=1S/C27H27ClFN3O2/c1-34-26-11-8-20(28)15-24(26)31-12-13-32-23-5-3-2-4-19(23)14-22(25(32)17-31)27(33)30-16-18-6-9-21(29)10-7-18/h2-11,15,22,25H,12-14,16-17H2,1H3,(H,30,33). The number of rotatable bonds is 5. The maximum Gasteiger partial charge on any atom is 0.225 e. The van der Waals surface area contributed by atoms with Gasteiger partial charge in [-0.05, 0) is 53.9 Å². The number of carbonyl (C=O) groups is 1. The van der Waals surface area contributed by atoms with E-state index in [4.69, 9.17) is 16.3 Å². The van der Waals surface area contributed by atoms with E-state index in [9.17, 15) is 9.18 Å². The van der Waals surface area contributed by atoms with Crippen molar-refractivity contribution in [1.82, 2.24) is 5.32 Å². The first-order valence-electron chi connectivity index (χ1n) is 11.5. The number of amides is 1. The van der Waals surface area contributed by atoms with Gasteiger partial charge in [0.25, 0.3) is 0 Å². The Morgan fingerprint density at radius 2 is 1.88 bits per heavy atom. The lowest BCUT2D eigenvalue weighted by molar-refractivity contribution is -0.126. The van der Waals surface area contributed by atoms with Gasteiger partial charge in [-0.15, -0.1) is 0 Å². The van der Waals surface area contributed by atoms with Crippen LogP contribution in [0.3, 0.4) is 0 Å². The number of methoxy groups -OCH3 is 1. The minimum Gasteiger partial charge on any atom is -0.495 e. The maximum atomic E-state index is 13.4. The van der Waals surface area contributed by atoms with Crippen LogP contribution in [0.4, 0.5) is 15.8 Å². The van der Waals surface area contributed by atoms with Gasteiger partial charge in [-0.1, -0.05) is 41.9 Å². The molecule has 5 rings (SSSR count). The van der Waals surface area contributed by atoms with E-state index in [1.54, 1.807) is 19.2 Å². The summed E-state index contributed by atoms with van der Waals surface area (Å²) in [6.07, 6.45) is 0.674. The number of para-hydroxylation sites is 1. The normalized spacial score (nSPS) is 19.3. The molecule has 2 heterocycles. The summed E-state index contributed by atoms with van der Waals surface area (Å²) in [7, 11) is 1.66. The molecule has 0 radical (unpaired) electrons. The van der Waals surface area contributed by atoms with Gasteiger partial charge < -0.3 is 19.9 Å². The van der Waals surface area contributed by atoms with Gasteiger partial charge in [0, 0.05) is 36.9 Å². The summed E-state index contributed by atoms with van der Waals surface area (Å²) in [5.41, 5.74) is 4.21. The molecule has 5 nitrogen and oxygen atoms in total. The molecule has 3 aromatic carbocycles. The first-order valence-corrected chi connectivity index (χ1v) is 11.9. The zero-order valence-corrected chi connectivity index (χ0v) is 19.8. The van der Waals surface area contributed by atoms with Crippen molar-refractivity contribution < 1.29 is 13.9 Å². The van der Waals surface area contributed by atoms with Gasteiger partial charge in [-0.25, -0.2) is 4.39 Å². The molecule has 176 valence electrons. The minimum absolute atomic E-state index is 0.000514. The van der Waals surface area contributed by atoms with Crippen molar-refractivity contribution in [2.24, 2.45) is 5.92 Å². The van der Waals surface area contributed by atoms with Crippen molar-refractivity contribution in [2.45, 2.75) is 19.0 Å². The van der Waals surface area contributed by atoms with Gasteiger partial charge in [0.05, 0.1) is 24.8 Å². The molecule has 34 heavy (non-hydrogen) atoms. The third-order valence-electron chi connectivity index (χ3n) is 6.82. The maximum absolute atomic E-state index is 13.4. The molecule has 0 bridgehead atoms. The Labute approximate surface area is 204 Å². The van der Waals surface area contributed by atoms with Crippen molar-refractivity contribution in [2.75, 3.05) is 36.5 Å². The number of halogens is 2. The lowest BCUT2D eigenvalue weighted by Crippen LogP contribution is -2.61. The number of piperazine rings is 1. The molecule has 2 aliphatic heterocycles. The zero-order valence-electron chi connectivity index (χ0n) is 19.0. The molecule has 1 fully saturated rings. The van der Waals surface area contributed by atoms with Gasteiger partial charge in [-0.3, -0.25) is 4.79 Å². The van der Waals surface area contributed by atoms with Crippen LogP contribution in [-0.4, -0.2) is 38.7 Å². The predicted octanol–water partition coefficient (Wildman–Crippen LogP) is 4.67. The first kappa shape index (κ1) is 22.5. The molecule has 0 spiro atoms. The van der Waals surface area contributed by atoms with Crippen LogP contribution in [0.15, 0.2) is 66.7 Å². The topological polar surface area (TPSA) is 44.8 Å². The lowest BCUT2D eigenvalue weighted by atomic mass is 9.83. The monoisotopic (exact) mass is 479 g/mol. The van der Waals surface area contributed by atoms with Gasteiger partial charge in [-0.2, -0.15) is 0 Å². The van der Waals surface area contributed by atoms with Crippen LogP contribution in [0.25, 0.3) is 0 Å². The van der Waals surface area contributed by atoms with Crippen LogP contribution < -0.4 is 19.9 Å². The number of nitrogens with one attached hydrogen (secondary N) is 1. The number of carbonyl (C=O) groups excluding carboxylic acids is 1. The van der Waals surface area contributed by atoms with E-state index in [0.29, 0.717) is 24.5 Å². The number of benzene rings is 3. The highest BCUT2D eigenvalue weighted by Gasteiger charge is 2.41. The van der Waals surface area contributed by atoms with E-state index in [2.05, 4.69) is 33.3 Å². The van der Waals surface area contributed by atoms with Gasteiger partial charge in [0.2, 0.25) is 5.91 Å². The summed E-state index contributed by atoms with van der Waals surface area (Å²) in [5, 5.41) is 3.74. The molecule has 2 atom stereocenters. The predicted molar refractivity (Wildman–Crippen MR) is 133 cm³/mol. The third-order valence-corrected chi connectivity index (χ3v) is 7.06. The molecule has 0 aromatic heterocycles. The Bertz CT molecular complexity index is 1190. The molecule has 1 saturated heterocycles. The van der Waals surface area contributed by atoms with Crippen molar-refractivity contribution in [3.05, 3.63) is 88.7 Å². The summed E-state index contributed by atoms with van der Waals surface area (Å²) >= 11 is 6.31. The Morgan fingerprint density at radius 3 is 2.68 bits per heavy atom. The fourth-order valence-corrected chi connectivity index (χ4v) is 5.28. The molecule has 1 amide bonds. The highest BCUT2D eigenvalue weighted by Crippen LogP contribution is 2.39. The Morgan fingerprint density at radius 1 is 1.09 bits per heavy atom. The minimum atomic E-state index is -0.284. The summed E-state index contributed by atoms with van der Waals surface area (Å²) < 4.78 is 18.8. The van der Waals surface area contributed by atoms with Crippen LogP contribution in [0.1, 0.15) is 11.1 Å². The Kier molecular flexibility index (Phi) is 6.33. The van der Waals surface area contributed by atoms with E-state index < -0.39 is 0 Å². The lowest BCUT2D eigenvalue weighted by Gasteiger charge is -2.49. The second kappa shape index (κ2) is 9.55. The SMILES string of the molecule is COc1ccc(Cl)cc1N1CCN2c3ccccc3CC(C(=O)NCc3ccc(F)cc3)C2C1. The fraction of sp³-hybridized carbons (Fsp3) is 0.296. The van der Waals surface area contributed by atoms with Crippen molar-refractivity contribution >= 4 is 28.9 Å². The van der Waals surface area contributed by atoms with E-state index in [-0.39, 0.29) is 23.7 Å². The number of nitrogens with zero attached hydrogens (tertiary/aromatic N) is 2. The van der Waals surface area contributed by atoms with E-state index in [1.165, 1.54) is 23.4 Å². The summed E-state index contributed by atoms with van der Waals surface area (Å²) in [4.78, 5) is 18.1. The second-order valence-electron chi connectivity index (χ2n) is 8.81. The summed E-state index contributed by atoms with van der Waals surface area (Å²) in [5.74, 6) is 0.275. The fourth-order valence-electron chi connectivity index (χ4n) is 5.11. The molecule has 0 saturated carbocycles. The van der Waals surface area contributed by atoms with Crippen molar-refractivity contribution in [3.8, 4) is 5.75 Å². The summed E-state index contributed by atoms with van der Waals surface area (Å²) in [6, 6.07) is 20.2. The molecule has 0 aliphatic carbocycles. The number of hydrogen-bond donors (Lipinski definition) is 1. The molecular weight excluding hydrogens is 453 g/mol. The zero-order chi connectivity index (χ0) is 23.7. The van der Waals surface area contributed by atoms with Crippen LogP contribution in [-0.2, 0) is 17.8 Å².